The summed E-state index contributed by atoms with van der Waals surface area (Å²) in [5.41, 5.74) is 3.71. The average molecular weight is 483 g/mol. The first-order chi connectivity index (χ1) is 16.1. The van der Waals surface area contributed by atoms with E-state index in [-0.39, 0.29) is 22.8 Å². The molecule has 3 aromatic rings. The highest BCUT2D eigenvalue weighted by molar-refractivity contribution is 7.90. The Morgan fingerprint density at radius 3 is 2.50 bits per heavy atom. The fourth-order valence-corrected chi connectivity index (χ4v) is 5.50. The van der Waals surface area contributed by atoms with Crippen LogP contribution in [-0.2, 0) is 26.0 Å². The molecule has 1 N–H and O–H groups in total. The van der Waals surface area contributed by atoms with E-state index >= 15 is 0 Å². The number of aromatic nitrogens is 1. The van der Waals surface area contributed by atoms with Crippen molar-refractivity contribution in [1.82, 2.24) is 9.29 Å². The van der Waals surface area contributed by atoms with Crippen LogP contribution >= 0.6 is 0 Å². The number of amides is 1. The summed E-state index contributed by atoms with van der Waals surface area (Å²) in [4.78, 5) is 28.7. The van der Waals surface area contributed by atoms with Gasteiger partial charge in [0.15, 0.2) is 6.73 Å². The Hall–Kier alpha value is -3.59. The van der Waals surface area contributed by atoms with Gasteiger partial charge in [0.25, 0.3) is 15.9 Å². The smallest absolute Gasteiger partial charge is 0.312 e. The molecule has 1 aliphatic rings. The van der Waals surface area contributed by atoms with Crippen LogP contribution in [-0.4, -0.2) is 43.4 Å². The molecule has 0 spiro atoms. The quantitative estimate of drug-likeness (QED) is 0.510. The number of H-pyrrole nitrogens is 1. The van der Waals surface area contributed by atoms with Gasteiger partial charge in [0.1, 0.15) is 10.6 Å². The first kappa shape index (κ1) is 23.6. The number of fused-ring (bicyclic) bond motifs is 1. The van der Waals surface area contributed by atoms with Crippen molar-refractivity contribution in [3.8, 4) is 17.0 Å². The van der Waals surface area contributed by atoms with Gasteiger partial charge in [-0.3, -0.25) is 9.59 Å². The van der Waals surface area contributed by atoms with Crippen molar-refractivity contribution in [2.75, 3.05) is 13.8 Å². The second-order valence-electron chi connectivity index (χ2n) is 8.44. The summed E-state index contributed by atoms with van der Waals surface area (Å²) in [5.74, 6) is -0.949. The van der Waals surface area contributed by atoms with Crippen LogP contribution in [0.1, 0.15) is 46.9 Å². The molecule has 8 nitrogen and oxygen atoms in total. The molecular formula is C25H26N2O6S. The lowest BCUT2D eigenvalue weighted by molar-refractivity contribution is -0.144. The summed E-state index contributed by atoms with van der Waals surface area (Å²) >= 11 is 0. The molecule has 0 fully saturated rings. The number of carbonyl (C=O) groups excluding carboxylic acids is 2. The molecule has 34 heavy (non-hydrogen) atoms. The fourth-order valence-electron chi connectivity index (χ4n) is 4.02. The van der Waals surface area contributed by atoms with Crippen LogP contribution < -0.4 is 4.74 Å². The van der Waals surface area contributed by atoms with Gasteiger partial charge in [0.05, 0.1) is 19.1 Å². The number of nitrogens with one attached hydrogen (secondary N) is 1. The van der Waals surface area contributed by atoms with Gasteiger partial charge in [-0.15, -0.1) is 0 Å². The molecule has 4 rings (SSSR count). The first-order valence-corrected chi connectivity index (χ1v) is 12.3. The summed E-state index contributed by atoms with van der Waals surface area (Å²) in [6.07, 6.45) is -0.118. The van der Waals surface area contributed by atoms with Gasteiger partial charge in [0.2, 0.25) is 0 Å². The lowest BCUT2D eigenvalue weighted by Gasteiger charge is -2.15. The van der Waals surface area contributed by atoms with Crippen LogP contribution in [0.5, 0.6) is 5.75 Å². The predicted octanol–water partition coefficient (Wildman–Crippen LogP) is 4.01. The van der Waals surface area contributed by atoms with Crippen molar-refractivity contribution in [2.45, 2.75) is 38.0 Å². The molecule has 0 radical (unpaired) electrons. The lowest BCUT2D eigenvalue weighted by Crippen LogP contribution is -2.33. The number of hydrogen-bond acceptors (Lipinski definition) is 6. The average Bonchev–Trinajstić information content (AvgIpc) is 3.31. The van der Waals surface area contributed by atoms with Crippen LogP contribution in [0.4, 0.5) is 0 Å². The molecule has 2 aromatic carbocycles. The molecule has 0 atom stereocenters. The number of esters is 1. The molecule has 0 aliphatic carbocycles. The van der Waals surface area contributed by atoms with Gasteiger partial charge in [-0.1, -0.05) is 32.0 Å². The van der Waals surface area contributed by atoms with Crippen molar-refractivity contribution < 1.29 is 27.5 Å². The van der Waals surface area contributed by atoms with Gasteiger partial charge in [-0.05, 0) is 54.3 Å². The molecule has 1 aromatic heterocycles. The Morgan fingerprint density at radius 2 is 1.85 bits per heavy atom. The van der Waals surface area contributed by atoms with Gasteiger partial charge >= 0.3 is 5.97 Å². The minimum absolute atomic E-state index is 0.0771. The Bertz CT molecular complexity index is 1370. The van der Waals surface area contributed by atoms with Crippen molar-refractivity contribution in [3.63, 3.8) is 0 Å². The van der Waals surface area contributed by atoms with E-state index in [0.29, 0.717) is 26.7 Å². The van der Waals surface area contributed by atoms with E-state index in [9.17, 15) is 18.0 Å². The van der Waals surface area contributed by atoms with Crippen LogP contribution in [0.15, 0.2) is 53.4 Å². The van der Waals surface area contributed by atoms with Crippen molar-refractivity contribution in [2.24, 2.45) is 0 Å². The first-order valence-electron chi connectivity index (χ1n) is 10.8. The van der Waals surface area contributed by atoms with Gasteiger partial charge < -0.3 is 14.5 Å². The second-order valence-corrected chi connectivity index (χ2v) is 10.3. The van der Waals surface area contributed by atoms with Gasteiger partial charge in [-0.25, -0.2) is 8.42 Å². The number of rotatable bonds is 7. The van der Waals surface area contributed by atoms with E-state index < -0.39 is 28.6 Å². The highest BCUT2D eigenvalue weighted by Gasteiger charge is 2.44. The van der Waals surface area contributed by atoms with Crippen LogP contribution in [0.2, 0.25) is 0 Å². The molecular weight excluding hydrogens is 456 g/mol. The number of sulfonamides is 1. The number of carbonyl (C=O) groups is 2. The topological polar surface area (TPSA) is 106 Å². The monoisotopic (exact) mass is 482 g/mol. The minimum atomic E-state index is -4.19. The van der Waals surface area contributed by atoms with E-state index in [0.717, 1.165) is 11.4 Å². The number of aryl methyl sites for hydroxylation is 1. The van der Waals surface area contributed by atoms with E-state index in [1.54, 1.807) is 24.3 Å². The lowest BCUT2D eigenvalue weighted by atomic mass is 9.93. The van der Waals surface area contributed by atoms with E-state index in [4.69, 9.17) is 9.47 Å². The molecule has 9 heteroatoms. The second kappa shape index (κ2) is 8.98. The van der Waals surface area contributed by atoms with Gasteiger partial charge in [-0.2, -0.15) is 4.31 Å². The van der Waals surface area contributed by atoms with E-state index in [2.05, 4.69) is 4.98 Å². The molecule has 0 bridgehead atoms. The standard InChI is InChI=1S/C25H26N2O6S/c1-15(2)19-11-18(20-10-9-16(3)26-20)12-22-24(19)25(29)27(34(22,30)31)14-33-23(28)13-17-7-5-6-8-21(17)32-4/h5-12,15,26H,13-14H2,1-4H3. The Balaban J connectivity index is 1.62. The Morgan fingerprint density at radius 1 is 1.12 bits per heavy atom. The summed E-state index contributed by atoms with van der Waals surface area (Å²) in [6.45, 7) is 5.00. The summed E-state index contributed by atoms with van der Waals surface area (Å²) in [5, 5.41) is 0. The SMILES string of the molecule is COc1ccccc1CC(=O)OCN1C(=O)c2c(C(C)C)cc(-c3ccc(C)[nH]3)cc2S1(=O)=O. The molecule has 1 aliphatic heterocycles. The molecule has 0 unspecified atom stereocenters. The largest absolute Gasteiger partial charge is 0.496 e. The predicted molar refractivity (Wildman–Crippen MR) is 126 cm³/mol. The summed E-state index contributed by atoms with van der Waals surface area (Å²) in [6, 6.07) is 14.0. The molecule has 0 saturated heterocycles. The minimum Gasteiger partial charge on any atom is -0.496 e. The van der Waals surface area contributed by atoms with Crippen molar-refractivity contribution in [1.29, 1.82) is 0 Å². The molecule has 1 amide bonds. The maximum absolute atomic E-state index is 13.3. The fraction of sp³-hybridized carbons (Fsp3) is 0.280. The number of aromatic amines is 1. The molecule has 0 saturated carbocycles. The zero-order valence-electron chi connectivity index (χ0n) is 19.4. The number of para-hydroxylation sites is 1. The maximum Gasteiger partial charge on any atom is 0.312 e. The Labute approximate surface area is 198 Å². The third-order valence-corrected chi connectivity index (χ3v) is 7.51. The third-order valence-electron chi connectivity index (χ3n) is 5.78. The highest BCUT2D eigenvalue weighted by atomic mass is 32.2. The third kappa shape index (κ3) is 4.19. The van der Waals surface area contributed by atoms with E-state index in [1.165, 1.54) is 13.2 Å². The number of nitrogens with zero attached hydrogens (tertiary/aromatic N) is 1. The van der Waals surface area contributed by atoms with Crippen molar-refractivity contribution >= 4 is 21.9 Å². The van der Waals surface area contributed by atoms with E-state index in [1.807, 2.05) is 39.0 Å². The number of ether oxygens (including phenoxy) is 2. The Kier molecular flexibility index (Phi) is 6.22. The van der Waals surface area contributed by atoms with Crippen molar-refractivity contribution in [3.05, 3.63) is 70.9 Å². The summed E-state index contributed by atoms with van der Waals surface area (Å²) in [7, 11) is -2.70. The van der Waals surface area contributed by atoms with Crippen LogP contribution in [0.3, 0.4) is 0 Å². The molecule has 2 heterocycles. The highest BCUT2D eigenvalue weighted by Crippen LogP contribution is 2.39. The molecule has 178 valence electrons. The normalized spacial score (nSPS) is 14.4. The maximum atomic E-state index is 13.3. The zero-order chi connectivity index (χ0) is 24.6. The zero-order valence-corrected chi connectivity index (χ0v) is 20.2. The number of benzene rings is 2. The van der Waals surface area contributed by atoms with Crippen LogP contribution in [0, 0.1) is 6.92 Å². The summed E-state index contributed by atoms with van der Waals surface area (Å²) < 4.78 is 37.7. The number of methoxy groups -OCH3 is 1. The van der Waals surface area contributed by atoms with Gasteiger partial charge in [0, 0.05) is 17.0 Å². The number of hydrogen-bond donors (Lipinski definition) is 1. The van der Waals surface area contributed by atoms with Crippen LogP contribution in [0.25, 0.3) is 11.3 Å².